The van der Waals surface area contributed by atoms with Crippen molar-refractivity contribution in [2.75, 3.05) is 6.61 Å². The summed E-state index contributed by atoms with van der Waals surface area (Å²) in [5.41, 5.74) is 1.49. The third-order valence-corrected chi connectivity index (χ3v) is 3.50. The molecule has 0 fully saturated rings. The lowest BCUT2D eigenvalue weighted by Crippen LogP contribution is -2.13. The summed E-state index contributed by atoms with van der Waals surface area (Å²) in [5, 5.41) is 0.574. The lowest BCUT2D eigenvalue weighted by Gasteiger charge is -2.09. The standard InChI is InChI=1S/C11H10BrClO2/c1-6-4-7(13)5-8-10(14)9(12)2-3-15-11(6)8/h4-5,9H,2-3H2,1H3/t9-/m1/s1. The highest BCUT2D eigenvalue weighted by atomic mass is 79.9. The van der Waals surface area contributed by atoms with Crippen molar-refractivity contribution in [2.45, 2.75) is 18.2 Å². The first-order valence-electron chi connectivity index (χ1n) is 4.71. The second-order valence-corrected chi connectivity index (χ2v) is 5.11. The van der Waals surface area contributed by atoms with Gasteiger partial charge < -0.3 is 4.74 Å². The van der Waals surface area contributed by atoms with E-state index in [-0.39, 0.29) is 10.6 Å². The number of fused-ring (bicyclic) bond motifs is 1. The van der Waals surface area contributed by atoms with Crippen molar-refractivity contribution in [3.63, 3.8) is 0 Å². The van der Waals surface area contributed by atoms with Gasteiger partial charge in [0.1, 0.15) is 5.75 Å². The molecule has 0 saturated heterocycles. The van der Waals surface area contributed by atoms with Crippen LogP contribution in [0.4, 0.5) is 0 Å². The van der Waals surface area contributed by atoms with Crippen LogP contribution in [0.3, 0.4) is 0 Å². The monoisotopic (exact) mass is 288 g/mol. The van der Waals surface area contributed by atoms with E-state index in [4.69, 9.17) is 16.3 Å². The number of carbonyl (C=O) groups is 1. The summed E-state index contributed by atoms with van der Waals surface area (Å²) in [4.78, 5) is 11.8. The Balaban J connectivity index is 2.58. The molecule has 0 unspecified atom stereocenters. The third kappa shape index (κ3) is 2.04. The summed E-state index contributed by atoms with van der Waals surface area (Å²) in [5.74, 6) is 0.722. The predicted molar refractivity (Wildman–Crippen MR) is 63.3 cm³/mol. The number of hydrogen-bond donors (Lipinski definition) is 0. The van der Waals surface area contributed by atoms with E-state index in [1.807, 2.05) is 13.0 Å². The van der Waals surface area contributed by atoms with Crippen LogP contribution in [0.15, 0.2) is 12.1 Å². The van der Waals surface area contributed by atoms with E-state index in [9.17, 15) is 4.79 Å². The van der Waals surface area contributed by atoms with Crippen LogP contribution in [0.25, 0.3) is 0 Å². The third-order valence-electron chi connectivity index (χ3n) is 2.41. The molecule has 0 aliphatic carbocycles. The SMILES string of the molecule is Cc1cc(Cl)cc2c1OCC[C@@H](Br)C2=O. The Kier molecular flexibility index (Phi) is 3.03. The van der Waals surface area contributed by atoms with Crippen LogP contribution in [0.1, 0.15) is 22.3 Å². The van der Waals surface area contributed by atoms with Crippen LogP contribution < -0.4 is 4.74 Å². The van der Waals surface area contributed by atoms with Crippen molar-refractivity contribution in [3.05, 3.63) is 28.3 Å². The number of ether oxygens (including phenoxy) is 1. The lowest BCUT2D eigenvalue weighted by molar-refractivity contribution is 0.0991. The Bertz CT molecular complexity index is 417. The summed E-state index contributed by atoms with van der Waals surface area (Å²) in [7, 11) is 0. The Morgan fingerprint density at radius 3 is 3.00 bits per heavy atom. The molecular formula is C11H10BrClO2. The van der Waals surface area contributed by atoms with Crippen molar-refractivity contribution in [3.8, 4) is 5.75 Å². The smallest absolute Gasteiger partial charge is 0.180 e. The first kappa shape index (κ1) is 11.0. The maximum absolute atomic E-state index is 12.0. The van der Waals surface area contributed by atoms with Gasteiger partial charge in [0.15, 0.2) is 5.78 Å². The molecule has 0 bridgehead atoms. The van der Waals surface area contributed by atoms with Gasteiger partial charge in [-0.05, 0) is 24.6 Å². The van der Waals surface area contributed by atoms with Gasteiger partial charge in [0.2, 0.25) is 0 Å². The van der Waals surface area contributed by atoms with E-state index < -0.39 is 0 Å². The number of rotatable bonds is 0. The maximum atomic E-state index is 12.0. The molecule has 15 heavy (non-hydrogen) atoms. The van der Waals surface area contributed by atoms with Gasteiger partial charge in [0.05, 0.1) is 17.0 Å². The molecule has 0 radical (unpaired) electrons. The molecule has 0 amide bonds. The van der Waals surface area contributed by atoms with E-state index in [0.29, 0.717) is 29.4 Å². The molecule has 0 saturated carbocycles. The van der Waals surface area contributed by atoms with Crippen molar-refractivity contribution in [1.29, 1.82) is 0 Å². The molecular weight excluding hydrogens is 279 g/mol. The molecule has 1 aliphatic rings. The fourth-order valence-electron chi connectivity index (χ4n) is 1.67. The molecule has 2 rings (SSSR count). The van der Waals surface area contributed by atoms with E-state index >= 15 is 0 Å². The highest BCUT2D eigenvalue weighted by Gasteiger charge is 2.25. The highest BCUT2D eigenvalue weighted by molar-refractivity contribution is 9.10. The molecule has 0 spiro atoms. The van der Waals surface area contributed by atoms with E-state index in [1.165, 1.54) is 0 Å². The average Bonchev–Trinajstić information content (AvgIpc) is 2.30. The lowest BCUT2D eigenvalue weighted by atomic mass is 10.0. The first-order valence-corrected chi connectivity index (χ1v) is 6.00. The molecule has 1 aromatic rings. The van der Waals surface area contributed by atoms with Crippen LogP contribution >= 0.6 is 27.5 Å². The summed E-state index contributed by atoms with van der Waals surface area (Å²) in [6.07, 6.45) is 0.685. The van der Waals surface area contributed by atoms with Gasteiger partial charge in [-0.2, -0.15) is 0 Å². The topological polar surface area (TPSA) is 26.3 Å². The Hall–Kier alpha value is -0.540. The zero-order valence-corrected chi connectivity index (χ0v) is 10.6. The summed E-state index contributed by atoms with van der Waals surface area (Å²) >= 11 is 9.28. The largest absolute Gasteiger partial charge is 0.492 e. The molecule has 80 valence electrons. The molecule has 0 N–H and O–H groups in total. The molecule has 4 heteroatoms. The van der Waals surface area contributed by atoms with Gasteiger partial charge in [0.25, 0.3) is 0 Å². The van der Waals surface area contributed by atoms with Crippen molar-refractivity contribution in [1.82, 2.24) is 0 Å². The fraction of sp³-hybridized carbons (Fsp3) is 0.364. The van der Waals surface area contributed by atoms with Crippen LogP contribution in [-0.2, 0) is 0 Å². The quantitative estimate of drug-likeness (QED) is 0.685. The molecule has 1 atom stereocenters. The minimum atomic E-state index is -0.170. The molecule has 0 aromatic heterocycles. The van der Waals surface area contributed by atoms with Crippen LogP contribution in [-0.4, -0.2) is 17.2 Å². The number of carbonyl (C=O) groups excluding carboxylic acids is 1. The normalized spacial score (nSPS) is 20.5. The van der Waals surface area contributed by atoms with Gasteiger partial charge in [-0.15, -0.1) is 0 Å². The van der Waals surface area contributed by atoms with E-state index in [0.717, 1.165) is 5.56 Å². The minimum absolute atomic E-state index is 0.0492. The van der Waals surface area contributed by atoms with Crippen molar-refractivity contribution < 1.29 is 9.53 Å². The fourth-order valence-corrected chi connectivity index (χ4v) is 2.38. The van der Waals surface area contributed by atoms with Crippen LogP contribution in [0.5, 0.6) is 5.75 Å². The number of benzene rings is 1. The Labute approximate surface area is 102 Å². The Morgan fingerprint density at radius 1 is 1.53 bits per heavy atom. The number of aryl methyl sites for hydroxylation is 1. The number of hydrogen-bond acceptors (Lipinski definition) is 2. The van der Waals surface area contributed by atoms with Gasteiger partial charge in [-0.25, -0.2) is 0 Å². The molecule has 1 aromatic carbocycles. The van der Waals surface area contributed by atoms with Crippen LogP contribution in [0, 0.1) is 6.92 Å². The zero-order chi connectivity index (χ0) is 11.0. The second-order valence-electron chi connectivity index (χ2n) is 3.57. The van der Waals surface area contributed by atoms with Crippen LogP contribution in [0.2, 0.25) is 5.02 Å². The summed E-state index contributed by atoms with van der Waals surface area (Å²) in [6, 6.07) is 3.48. The van der Waals surface area contributed by atoms with Gasteiger partial charge >= 0.3 is 0 Å². The first-order chi connectivity index (χ1) is 7.09. The molecule has 2 nitrogen and oxygen atoms in total. The number of halogens is 2. The minimum Gasteiger partial charge on any atom is -0.492 e. The van der Waals surface area contributed by atoms with E-state index in [1.54, 1.807) is 6.07 Å². The maximum Gasteiger partial charge on any atom is 0.180 e. The molecule has 1 aliphatic heterocycles. The summed E-state index contributed by atoms with van der Waals surface area (Å²) in [6.45, 7) is 2.45. The van der Waals surface area contributed by atoms with Gasteiger partial charge in [0, 0.05) is 11.4 Å². The number of ketones is 1. The highest BCUT2D eigenvalue weighted by Crippen LogP contribution is 2.32. The van der Waals surface area contributed by atoms with Crippen molar-refractivity contribution >= 4 is 33.3 Å². The summed E-state index contributed by atoms with van der Waals surface area (Å²) < 4.78 is 5.57. The van der Waals surface area contributed by atoms with Gasteiger partial charge in [-0.3, -0.25) is 4.79 Å². The number of Topliss-reactive ketones (excluding diaryl/α,β-unsaturated/α-hetero) is 1. The van der Waals surface area contributed by atoms with Crippen molar-refractivity contribution in [2.24, 2.45) is 0 Å². The average molecular weight is 290 g/mol. The second kappa shape index (κ2) is 4.14. The van der Waals surface area contributed by atoms with Gasteiger partial charge in [-0.1, -0.05) is 27.5 Å². The molecule has 1 heterocycles. The number of alkyl halides is 1. The zero-order valence-electron chi connectivity index (χ0n) is 8.22. The Morgan fingerprint density at radius 2 is 2.27 bits per heavy atom. The predicted octanol–water partition coefficient (Wildman–Crippen LogP) is 3.38. The van der Waals surface area contributed by atoms with E-state index in [2.05, 4.69) is 15.9 Å².